The summed E-state index contributed by atoms with van der Waals surface area (Å²) in [5, 5.41) is 0.606. The molecule has 0 aliphatic carbocycles. The molecule has 0 saturated carbocycles. The van der Waals surface area contributed by atoms with Gasteiger partial charge in [0.25, 0.3) is 5.56 Å². The average molecular weight is 343 g/mol. The Morgan fingerprint density at radius 2 is 2.19 bits per heavy atom. The van der Waals surface area contributed by atoms with E-state index in [1.807, 2.05) is 54.8 Å². The Bertz CT molecular complexity index is 874. The second kappa shape index (κ2) is 5.11. The zero-order valence-electron chi connectivity index (χ0n) is 11.9. The van der Waals surface area contributed by atoms with Crippen LogP contribution in [-0.2, 0) is 0 Å². The molecular weight excluding hydrogens is 328 g/mol. The van der Waals surface area contributed by atoms with Gasteiger partial charge in [0.05, 0.1) is 16.6 Å². The lowest BCUT2D eigenvalue weighted by Gasteiger charge is -2.11. The van der Waals surface area contributed by atoms with Crippen LogP contribution in [0, 0.1) is 0 Å². The third-order valence-electron chi connectivity index (χ3n) is 3.82. The largest absolute Gasteiger partial charge is 0.297 e. The zero-order chi connectivity index (χ0) is 15.1. The fourth-order valence-corrected chi connectivity index (χ4v) is 3.20. The third kappa shape index (κ3) is 2.02. The minimum atomic E-state index is -0.198. The average Bonchev–Trinajstić information content (AvgIpc) is 2.70. The van der Waals surface area contributed by atoms with Gasteiger partial charge in [-0.25, -0.2) is 0 Å². The molecule has 2 heterocycles. The molecular formula is C17H15BrN2O. The Hall–Kier alpha value is -1.94. The quantitative estimate of drug-likeness (QED) is 0.776. The van der Waals surface area contributed by atoms with Crippen LogP contribution in [0.4, 0.5) is 0 Å². The molecule has 0 radical (unpaired) electrons. The maximum atomic E-state index is 12.3. The molecule has 0 amide bonds. The fourth-order valence-electron chi connectivity index (χ4n) is 2.68. The normalized spacial score (nSPS) is 19.9. The molecule has 0 fully saturated rings. The molecule has 1 aliphatic rings. The van der Waals surface area contributed by atoms with E-state index in [4.69, 9.17) is 0 Å². The van der Waals surface area contributed by atoms with Gasteiger partial charge in [0.1, 0.15) is 5.82 Å². The molecule has 0 bridgehead atoms. The van der Waals surface area contributed by atoms with Crippen LogP contribution in [0.5, 0.6) is 0 Å². The van der Waals surface area contributed by atoms with Crippen LogP contribution in [-0.4, -0.2) is 9.55 Å². The van der Waals surface area contributed by atoms with Gasteiger partial charge >= 0.3 is 0 Å². The lowest BCUT2D eigenvalue weighted by molar-refractivity contribution is 0.843. The van der Waals surface area contributed by atoms with E-state index in [0.717, 1.165) is 27.1 Å². The van der Waals surface area contributed by atoms with E-state index in [9.17, 15) is 4.79 Å². The second-order valence-electron chi connectivity index (χ2n) is 5.07. The first-order valence-electron chi connectivity index (χ1n) is 6.80. The van der Waals surface area contributed by atoms with Crippen LogP contribution in [0.25, 0.3) is 16.6 Å². The summed E-state index contributed by atoms with van der Waals surface area (Å²) in [5.41, 5.74) is 2.63. The van der Waals surface area contributed by atoms with Gasteiger partial charge in [-0.1, -0.05) is 31.7 Å². The van der Waals surface area contributed by atoms with Crippen molar-refractivity contribution in [3.63, 3.8) is 0 Å². The lowest BCUT2D eigenvalue weighted by Crippen LogP contribution is -2.15. The summed E-state index contributed by atoms with van der Waals surface area (Å²) in [6.45, 7) is 8.16. The summed E-state index contributed by atoms with van der Waals surface area (Å²) >= 11 is 3.45. The Labute approximate surface area is 131 Å². The van der Waals surface area contributed by atoms with Gasteiger partial charge in [0, 0.05) is 10.4 Å². The number of hydrogen-bond donors (Lipinski definition) is 0. The molecule has 1 atom stereocenters. The summed E-state index contributed by atoms with van der Waals surface area (Å²) < 4.78 is 2.80. The van der Waals surface area contributed by atoms with E-state index in [2.05, 4.69) is 27.5 Å². The Balaban J connectivity index is 2.48. The lowest BCUT2D eigenvalue weighted by atomic mass is 10.0. The number of halogens is 1. The number of nitrogens with zero attached hydrogens (tertiary/aromatic N) is 2. The third-order valence-corrected chi connectivity index (χ3v) is 4.48. The van der Waals surface area contributed by atoms with E-state index in [0.29, 0.717) is 5.39 Å². The van der Waals surface area contributed by atoms with Crippen molar-refractivity contribution >= 4 is 32.5 Å². The van der Waals surface area contributed by atoms with Crippen molar-refractivity contribution < 1.29 is 0 Å². The Morgan fingerprint density at radius 1 is 1.43 bits per heavy atom. The van der Waals surface area contributed by atoms with E-state index < -0.39 is 0 Å². The monoisotopic (exact) mass is 342 g/mol. The van der Waals surface area contributed by atoms with Crippen LogP contribution >= 0.6 is 15.9 Å². The van der Waals surface area contributed by atoms with E-state index >= 15 is 0 Å². The van der Waals surface area contributed by atoms with Crippen LogP contribution in [0.3, 0.4) is 0 Å². The fraction of sp³-hybridized carbons (Fsp3) is 0.176. The van der Waals surface area contributed by atoms with Crippen molar-refractivity contribution in [2.75, 3.05) is 0 Å². The second-order valence-corrected chi connectivity index (χ2v) is 5.92. The standard InChI is InChI=1S/C17H15BrN2O/c1-4-5-8-13-10(2)11(3)16-19-17(21)15-12(18)7-6-9-14(15)20(13)16/h4-9,11H,2H2,1,3H3/b5-4-,13-8+. The van der Waals surface area contributed by atoms with Gasteiger partial charge in [-0.05, 0) is 46.6 Å². The minimum Gasteiger partial charge on any atom is -0.297 e. The van der Waals surface area contributed by atoms with Crippen molar-refractivity contribution in [2.45, 2.75) is 19.8 Å². The molecule has 1 unspecified atom stereocenters. The van der Waals surface area contributed by atoms with Crippen LogP contribution in [0.2, 0.25) is 0 Å². The molecule has 1 aliphatic heterocycles. The SMILES string of the molecule is C=C1/C(=C\C=C/C)n2c(nc(=O)c3c(Br)cccc32)C1C. The van der Waals surface area contributed by atoms with E-state index in [-0.39, 0.29) is 11.5 Å². The minimum absolute atomic E-state index is 0.0394. The van der Waals surface area contributed by atoms with Crippen molar-refractivity contribution in [1.29, 1.82) is 0 Å². The summed E-state index contributed by atoms with van der Waals surface area (Å²) in [6, 6.07) is 5.74. The summed E-state index contributed by atoms with van der Waals surface area (Å²) in [6.07, 6.45) is 5.96. The van der Waals surface area contributed by atoms with Crippen molar-refractivity contribution in [3.8, 4) is 0 Å². The number of allylic oxidation sites excluding steroid dienone is 5. The number of fused-ring (bicyclic) bond motifs is 3. The van der Waals surface area contributed by atoms with Gasteiger partial charge in [-0.15, -0.1) is 0 Å². The first kappa shape index (κ1) is 14.0. The van der Waals surface area contributed by atoms with E-state index in [1.165, 1.54) is 0 Å². The molecule has 1 aromatic heterocycles. The highest BCUT2D eigenvalue weighted by atomic mass is 79.9. The Morgan fingerprint density at radius 3 is 2.90 bits per heavy atom. The molecule has 1 aromatic carbocycles. The molecule has 0 saturated heterocycles. The van der Waals surface area contributed by atoms with Crippen LogP contribution in [0.1, 0.15) is 25.6 Å². The van der Waals surface area contributed by atoms with Crippen molar-refractivity contribution in [2.24, 2.45) is 0 Å². The van der Waals surface area contributed by atoms with Crippen LogP contribution < -0.4 is 5.56 Å². The highest BCUT2D eigenvalue weighted by molar-refractivity contribution is 9.10. The number of benzene rings is 1. The van der Waals surface area contributed by atoms with E-state index in [1.54, 1.807) is 0 Å². The van der Waals surface area contributed by atoms with Crippen LogP contribution in [0.15, 0.2) is 57.8 Å². The summed E-state index contributed by atoms with van der Waals surface area (Å²) in [4.78, 5) is 16.6. The summed E-state index contributed by atoms with van der Waals surface area (Å²) in [5.74, 6) is 0.795. The highest BCUT2D eigenvalue weighted by Gasteiger charge is 2.30. The zero-order valence-corrected chi connectivity index (χ0v) is 13.5. The highest BCUT2D eigenvalue weighted by Crippen LogP contribution is 2.40. The molecule has 106 valence electrons. The molecule has 3 rings (SSSR count). The van der Waals surface area contributed by atoms with Gasteiger partial charge in [0.2, 0.25) is 0 Å². The molecule has 2 aromatic rings. The Kier molecular flexibility index (Phi) is 3.41. The molecule has 0 spiro atoms. The van der Waals surface area contributed by atoms with Gasteiger partial charge in [-0.3, -0.25) is 9.36 Å². The molecule has 0 N–H and O–H groups in total. The van der Waals surface area contributed by atoms with Gasteiger partial charge in [0.15, 0.2) is 0 Å². The molecule has 3 nitrogen and oxygen atoms in total. The van der Waals surface area contributed by atoms with Gasteiger partial charge < -0.3 is 0 Å². The van der Waals surface area contributed by atoms with Gasteiger partial charge in [-0.2, -0.15) is 4.98 Å². The molecule has 4 heteroatoms. The first-order valence-corrected chi connectivity index (χ1v) is 7.59. The smallest absolute Gasteiger partial charge is 0.281 e. The number of hydrogen-bond acceptors (Lipinski definition) is 2. The predicted molar refractivity (Wildman–Crippen MR) is 90.3 cm³/mol. The molecule has 21 heavy (non-hydrogen) atoms. The first-order chi connectivity index (χ1) is 10.1. The van der Waals surface area contributed by atoms with Crippen molar-refractivity contribution in [3.05, 3.63) is 69.2 Å². The maximum Gasteiger partial charge on any atom is 0.281 e. The van der Waals surface area contributed by atoms with Crippen molar-refractivity contribution in [1.82, 2.24) is 9.55 Å². The maximum absolute atomic E-state index is 12.3. The number of aromatic nitrogens is 2. The summed E-state index contributed by atoms with van der Waals surface area (Å²) in [7, 11) is 0. The number of rotatable bonds is 1. The predicted octanol–water partition coefficient (Wildman–Crippen LogP) is 4.25. The topological polar surface area (TPSA) is 34.9 Å².